The summed E-state index contributed by atoms with van der Waals surface area (Å²) < 4.78 is 1.95. The topological polar surface area (TPSA) is 60.6 Å². The Morgan fingerprint density at radius 3 is 1.23 bits per heavy atom. The maximum atomic E-state index is 5.06. The SMILES string of the molecule is C1=Cc2cc3ccc(cc4nc(cc5ccc(cc1n2)[nH]5)C=C4)[nH]3.[Cu][N]1CCCCC1. The standard InChI is InChI=1S/C20H14N4.C5H10N.Cu/c1-2-14-10-16-5-6-18(23-16)12-20-8-7-19(24-20)11-17-4-3-15(22-17)9-13(1)21-14;1-2-4-6-5-3-1;/h1-12,21,24H;1-5H2;/q;-1;+1. The Bertz CT molecular complexity index is 1120. The van der Waals surface area contributed by atoms with Gasteiger partial charge in [-0.05, 0) is 72.8 Å². The van der Waals surface area contributed by atoms with Crippen molar-refractivity contribution in [3.63, 3.8) is 0 Å². The zero-order chi connectivity index (χ0) is 21.0. The molecule has 6 heteroatoms. The van der Waals surface area contributed by atoms with E-state index in [0.29, 0.717) is 0 Å². The van der Waals surface area contributed by atoms with Gasteiger partial charge in [0.1, 0.15) is 0 Å². The Labute approximate surface area is 190 Å². The van der Waals surface area contributed by atoms with Crippen LogP contribution < -0.4 is 0 Å². The van der Waals surface area contributed by atoms with Crippen LogP contribution in [0.2, 0.25) is 0 Å². The summed E-state index contributed by atoms with van der Waals surface area (Å²) in [5.41, 5.74) is 7.86. The van der Waals surface area contributed by atoms with Crippen molar-refractivity contribution in [1.29, 1.82) is 0 Å². The molecule has 0 aliphatic carbocycles. The van der Waals surface area contributed by atoms with Gasteiger partial charge in [-0.1, -0.05) is 0 Å². The van der Waals surface area contributed by atoms with Crippen LogP contribution in [0.25, 0.3) is 46.4 Å². The van der Waals surface area contributed by atoms with Gasteiger partial charge in [0.05, 0.1) is 22.8 Å². The van der Waals surface area contributed by atoms with E-state index in [1.807, 2.05) is 52.5 Å². The molecular formula is C25H24CuN5. The number of H-pyrrole nitrogens is 2. The average molecular weight is 458 g/mol. The van der Waals surface area contributed by atoms with Gasteiger partial charge in [-0.25, -0.2) is 9.97 Å². The van der Waals surface area contributed by atoms with Crippen LogP contribution in [0.5, 0.6) is 0 Å². The van der Waals surface area contributed by atoms with Gasteiger partial charge in [0.25, 0.3) is 0 Å². The summed E-state index contributed by atoms with van der Waals surface area (Å²) in [6.45, 7) is 2.25. The molecule has 3 aliphatic rings. The van der Waals surface area contributed by atoms with E-state index in [0.717, 1.165) is 57.9 Å². The number of hydrogen-bond donors (Lipinski definition) is 2. The van der Waals surface area contributed by atoms with Crippen LogP contribution in [0.15, 0.2) is 48.5 Å². The van der Waals surface area contributed by atoms with Crippen LogP contribution in [0.1, 0.15) is 42.0 Å². The number of piperidine rings is 1. The van der Waals surface area contributed by atoms with Gasteiger partial charge >= 0.3 is 52.5 Å². The zero-order valence-corrected chi connectivity index (χ0v) is 18.0. The third-order valence-electron chi connectivity index (χ3n) is 5.31. The number of nitrogens with one attached hydrogen (secondary N) is 2. The fourth-order valence-electron chi connectivity index (χ4n) is 3.77. The molecule has 0 unspecified atom stereocenters. The molecule has 6 rings (SSSR count). The summed E-state index contributed by atoms with van der Waals surface area (Å²) in [5.74, 6) is 0. The molecular weight excluding hydrogens is 434 g/mol. The van der Waals surface area contributed by atoms with E-state index in [-0.39, 0.29) is 0 Å². The van der Waals surface area contributed by atoms with Crippen LogP contribution in [-0.2, 0) is 16.2 Å². The Balaban J connectivity index is 0.000000250. The molecule has 0 atom stereocenters. The number of aromatic amines is 2. The van der Waals surface area contributed by atoms with Crippen molar-refractivity contribution >= 4 is 46.4 Å². The first kappa shape index (κ1) is 20.0. The van der Waals surface area contributed by atoms with Crippen molar-refractivity contribution in [2.45, 2.75) is 19.3 Å². The third-order valence-corrected chi connectivity index (χ3v) is 5.73. The van der Waals surface area contributed by atoms with Crippen molar-refractivity contribution in [3.05, 3.63) is 71.3 Å². The first-order valence-electron chi connectivity index (χ1n) is 10.6. The molecule has 160 valence electrons. The molecule has 0 radical (unpaired) electrons. The number of rotatable bonds is 0. The fraction of sp³-hybridized carbons (Fsp3) is 0.200. The van der Waals surface area contributed by atoms with Crippen molar-refractivity contribution in [2.75, 3.05) is 13.1 Å². The van der Waals surface area contributed by atoms with Crippen molar-refractivity contribution in [1.82, 2.24) is 23.9 Å². The van der Waals surface area contributed by atoms with Crippen molar-refractivity contribution in [2.24, 2.45) is 0 Å². The summed E-state index contributed by atoms with van der Waals surface area (Å²) in [6.07, 6.45) is 12.1. The number of nitrogens with zero attached hydrogens (tertiary/aromatic N) is 3. The summed E-state index contributed by atoms with van der Waals surface area (Å²) in [4.78, 5) is 16.0. The summed E-state index contributed by atoms with van der Waals surface area (Å²) in [6, 6.07) is 16.4. The van der Waals surface area contributed by atoms with Crippen LogP contribution in [0.3, 0.4) is 0 Å². The predicted octanol–water partition coefficient (Wildman–Crippen LogP) is 5.59. The van der Waals surface area contributed by atoms with Gasteiger partial charge in [0.15, 0.2) is 0 Å². The average Bonchev–Trinajstić information content (AvgIpc) is 3.55. The predicted molar refractivity (Wildman–Crippen MR) is 124 cm³/mol. The quantitative estimate of drug-likeness (QED) is 0.298. The van der Waals surface area contributed by atoms with Crippen LogP contribution in [-0.4, -0.2) is 36.9 Å². The van der Waals surface area contributed by atoms with E-state index in [4.69, 9.17) is 16.2 Å². The maximum absolute atomic E-state index is 5.06. The molecule has 3 aromatic heterocycles. The Morgan fingerprint density at radius 1 is 0.581 bits per heavy atom. The molecule has 1 fully saturated rings. The van der Waals surface area contributed by atoms with Gasteiger partial charge in [0, 0.05) is 22.1 Å². The summed E-state index contributed by atoms with van der Waals surface area (Å²) in [7, 11) is 0. The van der Waals surface area contributed by atoms with E-state index < -0.39 is 0 Å². The Morgan fingerprint density at radius 2 is 0.935 bits per heavy atom. The molecule has 5 nitrogen and oxygen atoms in total. The summed E-state index contributed by atoms with van der Waals surface area (Å²) >= 11 is 5.06. The molecule has 31 heavy (non-hydrogen) atoms. The normalized spacial score (nSPS) is 15.5. The summed E-state index contributed by atoms with van der Waals surface area (Å²) in [5, 5.41) is 0. The molecule has 0 aromatic carbocycles. The van der Waals surface area contributed by atoms with Crippen molar-refractivity contribution < 1.29 is 16.2 Å². The second kappa shape index (κ2) is 9.06. The Kier molecular flexibility index (Phi) is 5.85. The van der Waals surface area contributed by atoms with Crippen LogP contribution >= 0.6 is 0 Å². The second-order valence-electron chi connectivity index (χ2n) is 7.83. The monoisotopic (exact) mass is 457 g/mol. The van der Waals surface area contributed by atoms with E-state index in [2.05, 4.69) is 44.2 Å². The molecule has 8 bridgehead atoms. The first-order chi connectivity index (χ1) is 15.2. The van der Waals surface area contributed by atoms with Gasteiger partial charge in [0.2, 0.25) is 0 Å². The van der Waals surface area contributed by atoms with E-state index in [1.54, 1.807) is 0 Å². The number of hydrogen-bond acceptors (Lipinski definition) is 3. The molecule has 0 amide bonds. The molecule has 1 saturated heterocycles. The molecule has 3 aliphatic heterocycles. The van der Waals surface area contributed by atoms with E-state index in [9.17, 15) is 0 Å². The van der Waals surface area contributed by atoms with E-state index >= 15 is 0 Å². The van der Waals surface area contributed by atoms with E-state index in [1.165, 1.54) is 19.3 Å². The third kappa shape index (κ3) is 5.23. The van der Waals surface area contributed by atoms with Crippen molar-refractivity contribution in [3.8, 4) is 0 Å². The van der Waals surface area contributed by atoms with Gasteiger partial charge in [-0.15, -0.1) is 0 Å². The molecule has 2 N–H and O–H groups in total. The molecule has 3 aromatic rings. The van der Waals surface area contributed by atoms with Crippen LogP contribution in [0.4, 0.5) is 0 Å². The van der Waals surface area contributed by atoms with Crippen LogP contribution in [0, 0.1) is 0 Å². The minimum atomic E-state index is 0.939. The minimum absolute atomic E-state index is 0.939. The van der Waals surface area contributed by atoms with Gasteiger partial charge < -0.3 is 9.97 Å². The molecule has 0 spiro atoms. The van der Waals surface area contributed by atoms with Gasteiger partial charge in [-0.2, -0.15) is 0 Å². The number of aromatic nitrogens is 4. The molecule has 6 heterocycles. The Hall–Kier alpha value is -2.92. The second-order valence-corrected chi connectivity index (χ2v) is 8.42. The first-order valence-corrected chi connectivity index (χ1v) is 11.0. The fourth-order valence-corrected chi connectivity index (χ4v) is 4.07. The van der Waals surface area contributed by atoms with Gasteiger partial charge in [-0.3, -0.25) is 0 Å². The zero-order valence-electron chi connectivity index (χ0n) is 17.1. The number of fused-ring (bicyclic) bond motifs is 8. The molecule has 0 saturated carbocycles.